The average Bonchev–Trinajstić information content (AvgIpc) is 3.69. The SMILES string of the molecule is C=CC(=O)N1CCC2NN(C3CCC(C4CC4)CC3)C3CCN(C(=O)C4CCC(Br)NN4)[C@@H](C1)C23. The van der Waals surface area contributed by atoms with Crippen LogP contribution in [0.1, 0.15) is 64.2 Å². The van der Waals surface area contributed by atoms with Crippen molar-refractivity contribution in [2.24, 2.45) is 17.8 Å². The summed E-state index contributed by atoms with van der Waals surface area (Å²) in [6.07, 6.45) is 13.3. The number of hydrazine groups is 2. The fourth-order valence-electron chi connectivity index (χ4n) is 7.85. The van der Waals surface area contributed by atoms with E-state index in [-0.39, 0.29) is 28.8 Å². The van der Waals surface area contributed by atoms with Gasteiger partial charge in [-0.25, -0.2) is 15.9 Å². The molecule has 2 amide bonds. The lowest BCUT2D eigenvalue weighted by molar-refractivity contribution is -0.143. The van der Waals surface area contributed by atoms with Crippen LogP contribution in [-0.2, 0) is 9.59 Å². The maximum atomic E-state index is 13.7. The second-order valence-corrected chi connectivity index (χ2v) is 12.8. The second-order valence-electron chi connectivity index (χ2n) is 11.7. The Kier molecular flexibility index (Phi) is 6.99. The molecule has 6 fully saturated rings. The van der Waals surface area contributed by atoms with Gasteiger partial charge in [-0.05, 0) is 82.1 Å². The Labute approximate surface area is 217 Å². The predicted octanol–water partition coefficient (Wildman–Crippen LogP) is 2.13. The van der Waals surface area contributed by atoms with E-state index in [1.165, 1.54) is 44.6 Å². The highest BCUT2D eigenvalue weighted by Crippen LogP contribution is 2.46. The zero-order valence-electron chi connectivity index (χ0n) is 20.7. The topological polar surface area (TPSA) is 80.0 Å². The first-order chi connectivity index (χ1) is 17.0. The molecule has 2 saturated carbocycles. The van der Waals surface area contributed by atoms with Crippen molar-refractivity contribution in [3.05, 3.63) is 12.7 Å². The lowest BCUT2D eigenvalue weighted by Crippen LogP contribution is -2.64. The number of amides is 2. The Hall–Kier alpha value is -1.00. The highest BCUT2D eigenvalue weighted by molar-refractivity contribution is 9.09. The fraction of sp³-hybridized carbons (Fsp3) is 0.846. The number of rotatable bonds is 4. The predicted molar refractivity (Wildman–Crippen MR) is 138 cm³/mol. The summed E-state index contributed by atoms with van der Waals surface area (Å²) >= 11 is 3.58. The molecule has 6 rings (SSSR count). The van der Waals surface area contributed by atoms with Crippen molar-refractivity contribution in [2.75, 3.05) is 19.6 Å². The number of carbonyl (C=O) groups excluding carboxylic acids is 2. The van der Waals surface area contributed by atoms with E-state index >= 15 is 0 Å². The van der Waals surface area contributed by atoms with E-state index in [0.29, 0.717) is 30.6 Å². The quantitative estimate of drug-likeness (QED) is 0.283. The maximum absolute atomic E-state index is 13.7. The molecule has 0 bridgehead atoms. The van der Waals surface area contributed by atoms with Gasteiger partial charge in [-0.3, -0.25) is 15.0 Å². The van der Waals surface area contributed by atoms with E-state index in [1.54, 1.807) is 0 Å². The first kappa shape index (κ1) is 24.3. The molecule has 6 aliphatic rings. The summed E-state index contributed by atoms with van der Waals surface area (Å²) in [4.78, 5) is 30.6. The molecule has 8 nitrogen and oxygen atoms in total. The molecular formula is C26H41BrN6O2. The first-order valence-corrected chi connectivity index (χ1v) is 14.9. The summed E-state index contributed by atoms with van der Waals surface area (Å²) < 4.78 is 0. The molecule has 4 saturated heterocycles. The first-order valence-electron chi connectivity index (χ1n) is 13.9. The minimum Gasteiger partial charge on any atom is -0.337 e. The van der Waals surface area contributed by atoms with Gasteiger partial charge in [-0.15, -0.1) is 0 Å². The van der Waals surface area contributed by atoms with Gasteiger partial charge in [0.05, 0.1) is 11.0 Å². The van der Waals surface area contributed by atoms with Gasteiger partial charge in [-0.1, -0.05) is 22.5 Å². The van der Waals surface area contributed by atoms with Crippen molar-refractivity contribution in [1.82, 2.24) is 31.1 Å². The van der Waals surface area contributed by atoms with Crippen molar-refractivity contribution in [1.29, 1.82) is 0 Å². The number of alkyl halides is 1. The smallest absolute Gasteiger partial charge is 0.246 e. The van der Waals surface area contributed by atoms with Crippen molar-refractivity contribution >= 4 is 27.7 Å². The molecule has 35 heavy (non-hydrogen) atoms. The Morgan fingerprint density at radius 3 is 2.26 bits per heavy atom. The normalized spacial score (nSPS) is 42.3. The van der Waals surface area contributed by atoms with Crippen LogP contribution in [-0.4, -0.2) is 81.4 Å². The monoisotopic (exact) mass is 548 g/mol. The highest BCUT2D eigenvalue weighted by atomic mass is 79.9. The molecule has 194 valence electrons. The Bertz CT molecular complexity index is 823. The lowest BCUT2D eigenvalue weighted by atomic mass is 9.78. The molecule has 0 aromatic heterocycles. The van der Waals surface area contributed by atoms with E-state index < -0.39 is 0 Å². The third-order valence-electron chi connectivity index (χ3n) is 9.82. The Balaban J connectivity index is 1.21. The van der Waals surface area contributed by atoms with E-state index in [4.69, 9.17) is 0 Å². The van der Waals surface area contributed by atoms with Gasteiger partial charge in [0.2, 0.25) is 11.8 Å². The Morgan fingerprint density at radius 2 is 1.60 bits per heavy atom. The van der Waals surface area contributed by atoms with Crippen LogP contribution >= 0.6 is 15.9 Å². The number of likely N-dealkylation sites (tertiary alicyclic amines) is 2. The minimum absolute atomic E-state index is 0.0191. The zero-order chi connectivity index (χ0) is 24.1. The van der Waals surface area contributed by atoms with Gasteiger partial charge in [0, 0.05) is 43.7 Å². The molecular weight excluding hydrogens is 508 g/mol. The number of hydrogen-bond acceptors (Lipinski definition) is 6. The number of hydrogen-bond donors (Lipinski definition) is 3. The van der Waals surface area contributed by atoms with Crippen LogP contribution in [0.4, 0.5) is 0 Å². The molecule has 0 spiro atoms. The molecule has 6 atom stereocenters. The van der Waals surface area contributed by atoms with E-state index in [1.807, 2.05) is 4.90 Å². The standard InChI is InChI=1S/C26H41BrN6O2/c1-2-24(34)31-13-11-19-25-21(33(30-19)18-7-5-17(6-8-18)16-3-4-16)12-14-32(22(25)15-31)26(35)20-9-10-23(27)29-28-20/h2,16-23,25,28-30H,1,3-15H2/t17?,18?,19?,20?,21?,22-,23?,25?/m0/s1. The number of halogens is 1. The van der Waals surface area contributed by atoms with Gasteiger partial charge in [0.25, 0.3) is 0 Å². The summed E-state index contributed by atoms with van der Waals surface area (Å²) in [7, 11) is 0. The Morgan fingerprint density at radius 1 is 0.857 bits per heavy atom. The second kappa shape index (κ2) is 10.0. The van der Waals surface area contributed by atoms with E-state index in [9.17, 15) is 9.59 Å². The fourth-order valence-corrected chi connectivity index (χ4v) is 8.25. The largest absolute Gasteiger partial charge is 0.337 e. The molecule has 0 aromatic rings. The minimum atomic E-state index is -0.214. The third-order valence-corrected chi connectivity index (χ3v) is 10.5. The van der Waals surface area contributed by atoms with Crippen molar-refractivity contribution in [3.8, 4) is 0 Å². The van der Waals surface area contributed by atoms with Crippen LogP contribution < -0.4 is 16.3 Å². The van der Waals surface area contributed by atoms with Gasteiger partial charge in [0.15, 0.2) is 0 Å². The molecule has 5 unspecified atom stereocenters. The van der Waals surface area contributed by atoms with Crippen molar-refractivity contribution < 1.29 is 9.59 Å². The van der Waals surface area contributed by atoms with Crippen molar-refractivity contribution in [3.63, 3.8) is 0 Å². The van der Waals surface area contributed by atoms with Crippen LogP contribution in [0.2, 0.25) is 0 Å². The van der Waals surface area contributed by atoms with Crippen LogP contribution in [0.25, 0.3) is 0 Å². The van der Waals surface area contributed by atoms with Gasteiger partial charge in [0.1, 0.15) is 6.04 Å². The molecule has 4 heterocycles. The molecule has 4 aliphatic heterocycles. The third kappa shape index (κ3) is 4.72. The number of nitrogens with zero attached hydrogens (tertiary/aromatic N) is 3. The highest BCUT2D eigenvalue weighted by Gasteiger charge is 2.54. The number of piperidine rings is 1. The summed E-state index contributed by atoms with van der Waals surface area (Å²) in [5.41, 5.74) is 10.4. The molecule has 3 N–H and O–H groups in total. The summed E-state index contributed by atoms with van der Waals surface area (Å²) in [6, 6.07) is 1.19. The van der Waals surface area contributed by atoms with Crippen molar-refractivity contribution in [2.45, 2.75) is 99.4 Å². The van der Waals surface area contributed by atoms with E-state index in [2.05, 4.69) is 48.7 Å². The van der Waals surface area contributed by atoms with Gasteiger partial charge < -0.3 is 9.80 Å². The summed E-state index contributed by atoms with van der Waals surface area (Å²) in [5.74, 6) is 2.49. The molecule has 9 heteroatoms. The van der Waals surface area contributed by atoms with Crippen LogP contribution in [0.5, 0.6) is 0 Å². The molecule has 0 radical (unpaired) electrons. The number of carbonyl (C=O) groups is 2. The summed E-state index contributed by atoms with van der Waals surface area (Å²) in [6.45, 7) is 5.83. The van der Waals surface area contributed by atoms with Gasteiger partial charge >= 0.3 is 0 Å². The zero-order valence-corrected chi connectivity index (χ0v) is 22.3. The molecule has 2 aliphatic carbocycles. The van der Waals surface area contributed by atoms with Crippen LogP contribution in [0.3, 0.4) is 0 Å². The van der Waals surface area contributed by atoms with Crippen LogP contribution in [0, 0.1) is 17.8 Å². The average molecular weight is 550 g/mol. The summed E-state index contributed by atoms with van der Waals surface area (Å²) in [5, 5.41) is 2.63. The lowest BCUT2D eigenvalue weighted by Gasteiger charge is -2.48. The number of nitrogens with one attached hydrogen (secondary N) is 3. The van der Waals surface area contributed by atoms with E-state index in [0.717, 1.165) is 50.6 Å². The van der Waals surface area contributed by atoms with Crippen LogP contribution in [0.15, 0.2) is 12.7 Å². The van der Waals surface area contributed by atoms with Gasteiger partial charge in [-0.2, -0.15) is 0 Å². The molecule has 0 aromatic carbocycles. The maximum Gasteiger partial charge on any atom is 0.246 e.